The summed E-state index contributed by atoms with van der Waals surface area (Å²) in [7, 11) is 3.97. The Kier molecular flexibility index (Phi) is 5.82. The van der Waals surface area contributed by atoms with Gasteiger partial charge in [-0.05, 0) is 52.2 Å². The van der Waals surface area contributed by atoms with Gasteiger partial charge in [0.15, 0.2) is 0 Å². The smallest absolute Gasteiger partial charge is 0.262 e. The van der Waals surface area contributed by atoms with E-state index in [-0.39, 0.29) is 23.0 Å². The lowest BCUT2D eigenvalue weighted by Gasteiger charge is -2.38. The molecule has 0 bridgehead atoms. The first kappa shape index (κ1) is 20.8. The van der Waals surface area contributed by atoms with Gasteiger partial charge in [0.25, 0.3) is 5.91 Å². The molecule has 154 valence electrons. The van der Waals surface area contributed by atoms with Crippen LogP contribution in [0.2, 0.25) is 5.02 Å². The van der Waals surface area contributed by atoms with Crippen LogP contribution in [0.15, 0.2) is 80.9 Å². The van der Waals surface area contributed by atoms with Crippen molar-refractivity contribution in [3.63, 3.8) is 0 Å². The number of amides is 1. The number of carbonyl (C=O) groups excluding carboxylic acids is 1. The molecule has 30 heavy (non-hydrogen) atoms. The lowest BCUT2D eigenvalue weighted by molar-refractivity contribution is -0.119. The Labute approximate surface area is 189 Å². The lowest BCUT2D eigenvalue weighted by atomic mass is 9.79. The number of nitrogens with one attached hydrogen (secondary N) is 1. The summed E-state index contributed by atoms with van der Waals surface area (Å²) in [4.78, 5) is 16.2. The molecule has 0 saturated carbocycles. The fourth-order valence-corrected chi connectivity index (χ4v) is 5.41. The second-order valence-corrected chi connectivity index (χ2v) is 9.54. The van der Waals surface area contributed by atoms with E-state index in [1.807, 2.05) is 78.3 Å². The predicted molar refractivity (Wildman–Crippen MR) is 126 cm³/mol. The molecular formula is C23H21ClN2O2S2. The number of aliphatic hydroxyl groups excluding tert-OH is 1. The fraction of sp³-hybridized carbons (Fsp3) is 0.174. The second kappa shape index (κ2) is 8.38. The standard InChI is InChI=1S/C23H21ClN2O2S2/c1-26(2)17-9-7-15(8-10-17)23(16-11-12-29-14-16)13-19(27)21(22(28)25-23)30-20-6-4-3-5-18(20)24/h3-12,14,27H,13H2,1-2H3,(H,25,28). The number of carbonyl (C=O) groups is 1. The third kappa shape index (κ3) is 3.83. The van der Waals surface area contributed by atoms with E-state index in [9.17, 15) is 9.90 Å². The first-order valence-corrected chi connectivity index (χ1v) is 11.5. The number of nitrogens with zero attached hydrogens (tertiary/aromatic N) is 1. The van der Waals surface area contributed by atoms with Gasteiger partial charge in [-0.2, -0.15) is 11.3 Å². The maximum atomic E-state index is 13.2. The van der Waals surface area contributed by atoms with E-state index in [4.69, 9.17) is 11.6 Å². The fourth-order valence-electron chi connectivity index (χ4n) is 3.57. The van der Waals surface area contributed by atoms with Crippen LogP contribution in [0.3, 0.4) is 0 Å². The Morgan fingerprint density at radius 3 is 2.43 bits per heavy atom. The number of hydrogen-bond donors (Lipinski definition) is 2. The minimum atomic E-state index is -0.823. The maximum absolute atomic E-state index is 13.2. The first-order valence-electron chi connectivity index (χ1n) is 9.38. The molecule has 4 rings (SSSR count). The predicted octanol–water partition coefficient (Wildman–Crippen LogP) is 5.79. The van der Waals surface area contributed by atoms with Gasteiger partial charge in [-0.15, -0.1) is 0 Å². The van der Waals surface area contributed by atoms with Crippen LogP contribution < -0.4 is 10.2 Å². The third-order valence-corrected chi connectivity index (χ3v) is 7.49. The SMILES string of the molecule is CN(C)c1ccc(C2(c3ccsc3)CC(O)=C(Sc3ccccc3Cl)C(=O)N2)cc1. The van der Waals surface area contributed by atoms with Crippen LogP contribution in [0.4, 0.5) is 5.69 Å². The van der Waals surface area contributed by atoms with Crippen LogP contribution in [0.1, 0.15) is 17.5 Å². The zero-order valence-electron chi connectivity index (χ0n) is 16.6. The molecule has 1 aromatic heterocycles. The molecule has 1 aliphatic rings. The molecule has 0 saturated heterocycles. The highest BCUT2D eigenvalue weighted by molar-refractivity contribution is 8.04. The number of rotatable bonds is 5. The van der Waals surface area contributed by atoms with E-state index >= 15 is 0 Å². The van der Waals surface area contributed by atoms with Gasteiger partial charge in [-0.25, -0.2) is 0 Å². The summed E-state index contributed by atoms with van der Waals surface area (Å²) in [5, 5.41) is 18.7. The zero-order valence-corrected chi connectivity index (χ0v) is 18.9. The molecule has 4 nitrogen and oxygen atoms in total. The van der Waals surface area contributed by atoms with E-state index in [0.717, 1.165) is 21.7 Å². The normalized spacial score (nSPS) is 19.0. The van der Waals surface area contributed by atoms with Gasteiger partial charge >= 0.3 is 0 Å². The zero-order chi connectivity index (χ0) is 21.3. The van der Waals surface area contributed by atoms with Crippen molar-refractivity contribution in [1.82, 2.24) is 5.32 Å². The van der Waals surface area contributed by atoms with Crippen LogP contribution in [0, 0.1) is 0 Å². The van der Waals surface area contributed by atoms with E-state index < -0.39 is 5.54 Å². The Bertz CT molecular complexity index is 1090. The number of thioether (sulfide) groups is 1. The van der Waals surface area contributed by atoms with Gasteiger partial charge in [-0.1, -0.05) is 47.6 Å². The van der Waals surface area contributed by atoms with Crippen LogP contribution in [0.5, 0.6) is 0 Å². The molecule has 1 unspecified atom stereocenters. The summed E-state index contributed by atoms with van der Waals surface area (Å²) in [6, 6.07) is 17.3. The Morgan fingerprint density at radius 1 is 1.10 bits per heavy atom. The van der Waals surface area contributed by atoms with Crippen molar-refractivity contribution in [3.05, 3.63) is 92.2 Å². The summed E-state index contributed by atoms with van der Waals surface area (Å²) in [6.45, 7) is 0. The average molecular weight is 457 g/mol. The number of hydrogen-bond acceptors (Lipinski definition) is 5. The van der Waals surface area contributed by atoms with Gasteiger partial charge in [0, 0.05) is 31.1 Å². The number of halogens is 1. The van der Waals surface area contributed by atoms with Crippen molar-refractivity contribution in [1.29, 1.82) is 0 Å². The van der Waals surface area contributed by atoms with Crippen LogP contribution in [-0.4, -0.2) is 25.1 Å². The summed E-state index contributed by atoms with van der Waals surface area (Å²) in [5.41, 5.74) is 2.12. The monoisotopic (exact) mass is 456 g/mol. The maximum Gasteiger partial charge on any atom is 0.262 e. The van der Waals surface area contributed by atoms with Crippen LogP contribution in [-0.2, 0) is 10.3 Å². The summed E-state index contributed by atoms with van der Waals surface area (Å²) < 4.78 is 0. The van der Waals surface area contributed by atoms with Crippen molar-refractivity contribution in [2.45, 2.75) is 16.9 Å². The van der Waals surface area contributed by atoms with Crippen molar-refractivity contribution in [3.8, 4) is 0 Å². The van der Waals surface area contributed by atoms with E-state index in [1.165, 1.54) is 11.8 Å². The van der Waals surface area contributed by atoms with E-state index in [0.29, 0.717) is 5.02 Å². The van der Waals surface area contributed by atoms with Crippen molar-refractivity contribution >= 4 is 46.3 Å². The highest BCUT2D eigenvalue weighted by Crippen LogP contribution is 2.44. The highest BCUT2D eigenvalue weighted by atomic mass is 35.5. The molecule has 2 heterocycles. The second-order valence-electron chi connectivity index (χ2n) is 7.30. The van der Waals surface area contributed by atoms with E-state index in [1.54, 1.807) is 17.4 Å². The van der Waals surface area contributed by atoms with Gasteiger partial charge in [-0.3, -0.25) is 4.79 Å². The topological polar surface area (TPSA) is 52.6 Å². The summed E-state index contributed by atoms with van der Waals surface area (Å²) in [5.74, 6) is -0.252. The summed E-state index contributed by atoms with van der Waals surface area (Å²) in [6.07, 6.45) is 0.267. The molecule has 7 heteroatoms. The Morgan fingerprint density at radius 2 is 1.83 bits per heavy atom. The van der Waals surface area contributed by atoms with Gasteiger partial charge < -0.3 is 15.3 Å². The molecule has 2 aromatic carbocycles. The van der Waals surface area contributed by atoms with Crippen molar-refractivity contribution in [2.24, 2.45) is 0 Å². The van der Waals surface area contributed by atoms with Gasteiger partial charge in [0.05, 0.1) is 10.6 Å². The highest BCUT2D eigenvalue weighted by Gasteiger charge is 2.43. The minimum absolute atomic E-state index is 0.0616. The molecule has 0 spiro atoms. The largest absolute Gasteiger partial charge is 0.511 e. The quantitative estimate of drug-likeness (QED) is 0.510. The first-order chi connectivity index (χ1) is 14.4. The van der Waals surface area contributed by atoms with Crippen LogP contribution in [0.25, 0.3) is 0 Å². The molecule has 1 aliphatic heterocycles. The molecule has 3 aromatic rings. The molecule has 0 fully saturated rings. The molecule has 1 amide bonds. The number of benzene rings is 2. The lowest BCUT2D eigenvalue weighted by Crippen LogP contribution is -2.50. The third-order valence-electron chi connectivity index (χ3n) is 5.17. The number of anilines is 1. The minimum Gasteiger partial charge on any atom is -0.511 e. The Balaban J connectivity index is 1.76. The van der Waals surface area contributed by atoms with Gasteiger partial charge in [0.2, 0.25) is 0 Å². The molecule has 1 atom stereocenters. The molecule has 0 radical (unpaired) electrons. The number of aliphatic hydroxyl groups is 1. The van der Waals surface area contributed by atoms with Crippen molar-refractivity contribution < 1.29 is 9.90 Å². The van der Waals surface area contributed by atoms with Crippen molar-refractivity contribution in [2.75, 3.05) is 19.0 Å². The molecule has 0 aliphatic carbocycles. The molecule has 2 N–H and O–H groups in total. The number of thiophene rings is 1. The van der Waals surface area contributed by atoms with E-state index in [2.05, 4.69) is 5.32 Å². The Hall–Kier alpha value is -2.41. The van der Waals surface area contributed by atoms with Gasteiger partial charge in [0.1, 0.15) is 10.7 Å². The van der Waals surface area contributed by atoms with Crippen LogP contribution >= 0.6 is 34.7 Å². The average Bonchev–Trinajstić information content (AvgIpc) is 3.27. The molecular weight excluding hydrogens is 436 g/mol. The summed E-state index contributed by atoms with van der Waals surface area (Å²) >= 11 is 9.00.